The number of nitrogens with one attached hydrogen (secondary N) is 1. The molecule has 96 valence electrons. The second kappa shape index (κ2) is 5.49. The third-order valence-electron chi connectivity index (χ3n) is 2.48. The molecule has 0 aromatic carbocycles. The predicted molar refractivity (Wildman–Crippen MR) is 71.9 cm³/mol. The molecule has 0 amide bonds. The molecule has 0 saturated carbocycles. The van der Waals surface area contributed by atoms with Crippen LogP contribution >= 0.6 is 11.3 Å². The highest BCUT2D eigenvalue weighted by atomic mass is 32.1. The molecule has 7 heteroatoms. The summed E-state index contributed by atoms with van der Waals surface area (Å²) in [5.41, 5.74) is 4.85. The number of rotatable bonds is 5. The predicted octanol–water partition coefficient (Wildman–Crippen LogP) is 2.10. The second-order valence-corrected chi connectivity index (χ2v) is 4.64. The number of furan rings is 1. The Morgan fingerprint density at radius 1 is 1.47 bits per heavy atom. The molecule has 6 nitrogen and oxygen atoms in total. The molecule has 19 heavy (non-hydrogen) atoms. The van der Waals surface area contributed by atoms with Crippen molar-refractivity contribution in [3.63, 3.8) is 0 Å². The number of hydrogen-bond acceptors (Lipinski definition) is 6. The van der Waals surface area contributed by atoms with Crippen molar-refractivity contribution in [2.24, 2.45) is 5.10 Å². The molecule has 3 heterocycles. The Hall–Kier alpha value is -2.41. The number of imidazole rings is 1. The van der Waals surface area contributed by atoms with E-state index >= 15 is 0 Å². The maximum Gasteiger partial charge on any atom is 0.156 e. The summed E-state index contributed by atoms with van der Waals surface area (Å²) >= 11 is 1.56. The monoisotopic (exact) mass is 273 g/mol. The fourth-order valence-corrected chi connectivity index (χ4v) is 2.26. The zero-order valence-corrected chi connectivity index (χ0v) is 10.7. The van der Waals surface area contributed by atoms with Crippen molar-refractivity contribution in [1.29, 1.82) is 0 Å². The van der Waals surface area contributed by atoms with Gasteiger partial charge in [0.15, 0.2) is 6.17 Å². The van der Waals surface area contributed by atoms with Crippen LogP contribution in [0.15, 0.2) is 58.3 Å². The van der Waals surface area contributed by atoms with E-state index < -0.39 is 0 Å². The van der Waals surface area contributed by atoms with E-state index in [2.05, 4.69) is 20.5 Å². The molecule has 0 aliphatic carbocycles. The Bertz CT molecular complexity index is 581. The van der Waals surface area contributed by atoms with E-state index in [-0.39, 0.29) is 6.17 Å². The second-order valence-electron chi connectivity index (χ2n) is 3.72. The Morgan fingerprint density at radius 2 is 2.47 bits per heavy atom. The van der Waals surface area contributed by atoms with Gasteiger partial charge in [0.1, 0.15) is 5.76 Å². The van der Waals surface area contributed by atoms with Crippen molar-refractivity contribution in [3.8, 4) is 0 Å². The number of aromatic nitrogens is 3. The van der Waals surface area contributed by atoms with Crippen LogP contribution < -0.4 is 5.43 Å². The van der Waals surface area contributed by atoms with Crippen molar-refractivity contribution >= 4 is 17.6 Å². The molecule has 3 aromatic heterocycles. The highest BCUT2D eigenvalue weighted by Gasteiger charge is 2.13. The quantitative estimate of drug-likeness (QED) is 0.571. The molecule has 0 fully saturated rings. The van der Waals surface area contributed by atoms with Crippen molar-refractivity contribution in [2.45, 2.75) is 6.17 Å². The summed E-state index contributed by atoms with van der Waals surface area (Å²) in [6.45, 7) is 0. The number of thiazole rings is 1. The SMILES string of the molecule is C(=NNC(c1cncs1)n1ccnc1)c1ccco1. The van der Waals surface area contributed by atoms with Crippen LogP contribution in [0.4, 0.5) is 0 Å². The van der Waals surface area contributed by atoms with Crippen molar-refractivity contribution in [3.05, 3.63) is 59.5 Å². The summed E-state index contributed by atoms with van der Waals surface area (Å²) in [7, 11) is 0. The number of hydrogen-bond donors (Lipinski definition) is 1. The van der Waals surface area contributed by atoms with Crippen LogP contribution in [0, 0.1) is 0 Å². The van der Waals surface area contributed by atoms with Crippen LogP contribution in [-0.2, 0) is 0 Å². The first-order chi connectivity index (χ1) is 9.43. The zero-order chi connectivity index (χ0) is 12.9. The van der Waals surface area contributed by atoms with Crippen LogP contribution in [0.1, 0.15) is 16.8 Å². The van der Waals surface area contributed by atoms with Gasteiger partial charge < -0.3 is 8.98 Å². The molecule has 0 aliphatic heterocycles. The summed E-state index contributed by atoms with van der Waals surface area (Å²) in [5.74, 6) is 0.696. The smallest absolute Gasteiger partial charge is 0.156 e. The van der Waals surface area contributed by atoms with Gasteiger partial charge in [0.05, 0.1) is 29.2 Å². The van der Waals surface area contributed by atoms with Gasteiger partial charge in [0, 0.05) is 18.6 Å². The first-order valence-electron chi connectivity index (χ1n) is 5.61. The summed E-state index contributed by atoms with van der Waals surface area (Å²) in [5, 5.41) is 4.19. The Kier molecular flexibility index (Phi) is 3.37. The molecule has 0 spiro atoms. The minimum atomic E-state index is -0.124. The molecule has 0 bridgehead atoms. The van der Waals surface area contributed by atoms with E-state index in [1.807, 2.05) is 29.1 Å². The lowest BCUT2D eigenvalue weighted by Crippen LogP contribution is -2.21. The molecule has 0 saturated heterocycles. The molecule has 0 radical (unpaired) electrons. The highest BCUT2D eigenvalue weighted by Crippen LogP contribution is 2.18. The Labute approximate surface area is 113 Å². The topological polar surface area (TPSA) is 68.2 Å². The van der Waals surface area contributed by atoms with Crippen molar-refractivity contribution in [1.82, 2.24) is 20.0 Å². The van der Waals surface area contributed by atoms with E-state index in [1.165, 1.54) is 0 Å². The van der Waals surface area contributed by atoms with Gasteiger partial charge in [-0.05, 0) is 12.1 Å². The minimum Gasteiger partial charge on any atom is -0.463 e. The van der Waals surface area contributed by atoms with Crippen LogP contribution in [0.2, 0.25) is 0 Å². The fourth-order valence-electron chi connectivity index (χ4n) is 1.60. The first kappa shape index (κ1) is 11.7. The summed E-state index contributed by atoms with van der Waals surface area (Å²) in [4.78, 5) is 9.18. The van der Waals surface area contributed by atoms with Gasteiger partial charge in [-0.1, -0.05) is 0 Å². The van der Waals surface area contributed by atoms with E-state index in [1.54, 1.807) is 41.8 Å². The number of hydrazone groups is 1. The average molecular weight is 273 g/mol. The zero-order valence-electron chi connectivity index (χ0n) is 9.88. The van der Waals surface area contributed by atoms with Gasteiger partial charge in [-0.3, -0.25) is 10.4 Å². The van der Waals surface area contributed by atoms with Gasteiger partial charge in [0.25, 0.3) is 0 Å². The largest absolute Gasteiger partial charge is 0.463 e. The third-order valence-corrected chi connectivity index (χ3v) is 3.30. The van der Waals surface area contributed by atoms with Gasteiger partial charge in [0.2, 0.25) is 0 Å². The average Bonchev–Trinajstić information content (AvgIpc) is 3.15. The molecule has 1 unspecified atom stereocenters. The molecular formula is C12H11N5OS. The first-order valence-corrected chi connectivity index (χ1v) is 6.49. The van der Waals surface area contributed by atoms with E-state index in [4.69, 9.17) is 4.42 Å². The lowest BCUT2D eigenvalue weighted by atomic mass is 10.4. The lowest BCUT2D eigenvalue weighted by Gasteiger charge is -2.15. The standard InChI is InChI=1S/C12H11N5OS/c1-2-10(18-5-1)6-15-16-12(11-7-14-9-19-11)17-4-3-13-8-17/h1-9,12,16H. The van der Waals surface area contributed by atoms with Crippen LogP contribution in [-0.4, -0.2) is 20.7 Å². The molecule has 1 N–H and O–H groups in total. The van der Waals surface area contributed by atoms with Crippen LogP contribution in [0.5, 0.6) is 0 Å². The molecular weight excluding hydrogens is 262 g/mol. The molecule has 3 rings (SSSR count). The Morgan fingerprint density at radius 3 is 3.16 bits per heavy atom. The lowest BCUT2D eigenvalue weighted by molar-refractivity contribution is 0.489. The van der Waals surface area contributed by atoms with Gasteiger partial charge in [-0.15, -0.1) is 11.3 Å². The van der Waals surface area contributed by atoms with E-state index in [0.29, 0.717) is 5.76 Å². The minimum absolute atomic E-state index is 0.124. The van der Waals surface area contributed by atoms with Gasteiger partial charge in [-0.2, -0.15) is 5.10 Å². The number of nitrogens with zero attached hydrogens (tertiary/aromatic N) is 4. The molecule has 1 atom stereocenters. The van der Waals surface area contributed by atoms with E-state index in [9.17, 15) is 0 Å². The maximum atomic E-state index is 5.18. The Balaban J connectivity index is 1.77. The van der Waals surface area contributed by atoms with Crippen LogP contribution in [0.3, 0.4) is 0 Å². The molecule has 3 aromatic rings. The van der Waals surface area contributed by atoms with Crippen LogP contribution in [0.25, 0.3) is 0 Å². The normalized spacial score (nSPS) is 12.8. The maximum absolute atomic E-state index is 5.18. The summed E-state index contributed by atoms with van der Waals surface area (Å²) < 4.78 is 7.10. The van der Waals surface area contributed by atoms with Crippen molar-refractivity contribution < 1.29 is 4.42 Å². The van der Waals surface area contributed by atoms with Crippen molar-refractivity contribution in [2.75, 3.05) is 0 Å². The fraction of sp³-hybridized carbons (Fsp3) is 0.0833. The van der Waals surface area contributed by atoms with E-state index in [0.717, 1.165) is 4.88 Å². The third kappa shape index (κ3) is 2.71. The summed E-state index contributed by atoms with van der Waals surface area (Å²) in [6.07, 6.45) is 10.3. The molecule has 0 aliphatic rings. The summed E-state index contributed by atoms with van der Waals surface area (Å²) in [6, 6.07) is 3.65. The van der Waals surface area contributed by atoms with Gasteiger partial charge >= 0.3 is 0 Å². The highest BCUT2D eigenvalue weighted by molar-refractivity contribution is 7.09. The van der Waals surface area contributed by atoms with Gasteiger partial charge in [-0.25, -0.2) is 4.98 Å².